The summed E-state index contributed by atoms with van der Waals surface area (Å²) < 4.78 is 16.0. The number of aliphatic hydroxyl groups is 1. The number of epoxide rings is 1. The largest absolute Gasteiger partial charge is 0.504 e. The molecule has 13 nitrogen and oxygen atoms in total. The first-order chi connectivity index (χ1) is 21.1. The lowest BCUT2D eigenvalue weighted by atomic mass is 9.89. The number of Topliss-reactive ketones (excluding diaryl/α,β-unsaturated/α-hetero) is 1. The van der Waals surface area contributed by atoms with Gasteiger partial charge in [0.1, 0.15) is 17.7 Å². The van der Waals surface area contributed by atoms with Crippen LogP contribution < -0.4 is 26.0 Å². The van der Waals surface area contributed by atoms with Crippen LogP contribution in [0.5, 0.6) is 11.5 Å². The quantitative estimate of drug-likeness (QED) is 0.116. The van der Waals surface area contributed by atoms with Crippen molar-refractivity contribution < 1.29 is 43.6 Å². The van der Waals surface area contributed by atoms with E-state index in [1.54, 1.807) is 13.0 Å². The molecule has 2 saturated heterocycles. The Labute approximate surface area is 257 Å². The van der Waals surface area contributed by atoms with Crippen LogP contribution in [0.3, 0.4) is 0 Å². The van der Waals surface area contributed by atoms with Gasteiger partial charge in [-0.1, -0.05) is 17.7 Å². The summed E-state index contributed by atoms with van der Waals surface area (Å²) in [6, 6.07) is 1.18. The van der Waals surface area contributed by atoms with Crippen molar-refractivity contribution in [2.24, 2.45) is 0 Å². The van der Waals surface area contributed by atoms with E-state index >= 15 is 0 Å². The average Bonchev–Trinajstić information content (AvgIpc) is 3.78. The molecule has 3 aliphatic rings. The molecule has 5 atom stereocenters. The lowest BCUT2D eigenvalue weighted by Gasteiger charge is -2.27. The molecule has 4 rings (SSSR count). The fraction of sp³-hybridized carbons (Fsp3) is 0.613. The van der Waals surface area contributed by atoms with Gasteiger partial charge in [0, 0.05) is 19.5 Å². The van der Waals surface area contributed by atoms with Crippen molar-refractivity contribution in [2.45, 2.75) is 81.7 Å². The summed E-state index contributed by atoms with van der Waals surface area (Å²) in [5, 5.41) is 31.4. The maximum absolute atomic E-state index is 13.8. The van der Waals surface area contributed by atoms with Gasteiger partial charge in [0.15, 0.2) is 17.3 Å². The van der Waals surface area contributed by atoms with Gasteiger partial charge in [0.25, 0.3) is 0 Å². The minimum Gasteiger partial charge on any atom is -0.504 e. The highest BCUT2D eigenvalue weighted by Crippen LogP contribution is 2.31. The third kappa shape index (κ3) is 9.24. The molecular weight excluding hydrogens is 572 g/mol. The zero-order valence-electron chi connectivity index (χ0n) is 25.4. The highest BCUT2D eigenvalue weighted by Gasteiger charge is 2.50. The number of nitrogens with one attached hydrogen (secondary N) is 4. The molecule has 2 fully saturated rings. The fourth-order valence-electron chi connectivity index (χ4n) is 5.44. The Morgan fingerprint density at radius 2 is 1.84 bits per heavy atom. The van der Waals surface area contributed by atoms with Crippen LogP contribution in [0.15, 0.2) is 29.8 Å². The van der Waals surface area contributed by atoms with Crippen LogP contribution in [-0.2, 0) is 35.1 Å². The SMILES string of the molecule is COc1ccc(C[C@H](NC(=O)[C@H](CO)NC(=O)CC2CNCCO2)C(=O)N[C@@H](CC2=CCCCC2)C(=O)[C@@]2(C)CO2)cc1O. The Morgan fingerprint density at radius 3 is 2.45 bits per heavy atom. The molecule has 3 amide bonds. The standard InChI is InChI=1S/C31H44N4O9/c1-31(18-44-31)28(39)22(12-19-6-4-3-5-7-19)34-29(40)23(13-20-8-9-26(42-2)25(37)14-20)35-30(41)24(17-36)33-27(38)15-21-16-32-10-11-43-21/h6,8-9,14,21-24,32,36-37H,3-5,7,10-13,15-18H2,1-2H3,(H,33,38)(H,34,40)(H,35,41)/t21?,22-,23-,24-,31+/m0/s1. The van der Waals surface area contributed by atoms with Crippen molar-refractivity contribution in [2.75, 3.05) is 40.0 Å². The minimum atomic E-state index is -1.33. The van der Waals surface area contributed by atoms with Crippen LogP contribution in [-0.4, -0.2) is 104 Å². The fourth-order valence-corrected chi connectivity index (χ4v) is 5.44. The van der Waals surface area contributed by atoms with Crippen molar-refractivity contribution in [3.8, 4) is 11.5 Å². The number of methoxy groups -OCH3 is 1. The van der Waals surface area contributed by atoms with Gasteiger partial charge in [-0.25, -0.2) is 0 Å². The van der Waals surface area contributed by atoms with Gasteiger partial charge in [-0.15, -0.1) is 0 Å². The number of phenols is 1. The number of allylic oxidation sites excluding steroid dienone is 1. The topological polar surface area (TPSA) is 188 Å². The predicted octanol–water partition coefficient (Wildman–Crippen LogP) is 0.0170. The summed E-state index contributed by atoms with van der Waals surface area (Å²) in [7, 11) is 1.41. The van der Waals surface area contributed by atoms with Gasteiger partial charge in [-0.05, 0) is 56.7 Å². The predicted molar refractivity (Wildman–Crippen MR) is 159 cm³/mol. The van der Waals surface area contributed by atoms with E-state index in [9.17, 15) is 29.4 Å². The maximum Gasteiger partial charge on any atom is 0.245 e. The van der Waals surface area contributed by atoms with Gasteiger partial charge in [0.05, 0.1) is 45.5 Å². The van der Waals surface area contributed by atoms with E-state index in [4.69, 9.17) is 14.2 Å². The molecule has 6 N–H and O–H groups in total. The zero-order chi connectivity index (χ0) is 31.7. The number of carbonyl (C=O) groups is 4. The molecule has 0 bridgehead atoms. The lowest BCUT2D eigenvalue weighted by Crippen LogP contribution is -2.58. The van der Waals surface area contributed by atoms with Crippen LogP contribution in [0.4, 0.5) is 0 Å². The monoisotopic (exact) mass is 616 g/mol. The van der Waals surface area contributed by atoms with Gasteiger partial charge >= 0.3 is 0 Å². The number of carbonyl (C=O) groups excluding carboxylic acids is 4. The molecule has 2 heterocycles. The van der Waals surface area contributed by atoms with Crippen molar-refractivity contribution in [1.29, 1.82) is 0 Å². The second-order valence-corrected chi connectivity index (χ2v) is 11.7. The van der Waals surface area contributed by atoms with Crippen molar-refractivity contribution in [3.63, 3.8) is 0 Å². The second-order valence-electron chi connectivity index (χ2n) is 11.7. The Kier molecular flexibility index (Phi) is 11.7. The number of hydrogen-bond donors (Lipinski definition) is 6. The van der Waals surface area contributed by atoms with Gasteiger partial charge in [0.2, 0.25) is 17.7 Å². The number of phenolic OH excluding ortho intramolecular Hbond substituents is 1. The Balaban J connectivity index is 1.50. The Bertz CT molecular complexity index is 1230. The number of aliphatic hydroxyl groups excluding tert-OH is 1. The van der Waals surface area contributed by atoms with E-state index in [0.717, 1.165) is 31.3 Å². The number of aromatic hydroxyl groups is 1. The lowest BCUT2D eigenvalue weighted by molar-refractivity contribution is -0.135. The smallest absolute Gasteiger partial charge is 0.245 e. The van der Waals surface area contributed by atoms with E-state index in [1.807, 2.05) is 0 Å². The Morgan fingerprint density at radius 1 is 1.09 bits per heavy atom. The highest BCUT2D eigenvalue weighted by molar-refractivity contribution is 5.98. The van der Waals surface area contributed by atoms with Crippen LogP contribution in [0.2, 0.25) is 0 Å². The van der Waals surface area contributed by atoms with Gasteiger partial charge in [-0.2, -0.15) is 0 Å². The number of morpholine rings is 1. The van der Waals surface area contributed by atoms with Gasteiger partial charge in [-0.3, -0.25) is 19.2 Å². The molecule has 0 aromatic heterocycles. The first-order valence-corrected chi connectivity index (χ1v) is 15.2. The summed E-state index contributed by atoms with van der Waals surface area (Å²) >= 11 is 0. The van der Waals surface area contributed by atoms with E-state index < -0.39 is 48.1 Å². The molecule has 1 unspecified atom stereocenters. The van der Waals surface area contributed by atoms with E-state index in [-0.39, 0.29) is 42.8 Å². The first-order valence-electron chi connectivity index (χ1n) is 15.2. The van der Waals surface area contributed by atoms with Crippen molar-refractivity contribution in [3.05, 3.63) is 35.4 Å². The van der Waals surface area contributed by atoms with E-state index in [0.29, 0.717) is 31.7 Å². The van der Waals surface area contributed by atoms with Crippen molar-refractivity contribution >= 4 is 23.5 Å². The number of hydrogen-bond acceptors (Lipinski definition) is 10. The number of amides is 3. The van der Waals surface area contributed by atoms with Gasteiger partial charge < -0.3 is 45.7 Å². The summed E-state index contributed by atoms with van der Waals surface area (Å²) in [6.07, 6.45) is 5.84. The normalized spacial score (nSPS) is 23.3. The molecule has 0 radical (unpaired) electrons. The molecule has 1 aliphatic carbocycles. The van der Waals surface area contributed by atoms with E-state index in [1.165, 1.54) is 19.2 Å². The summed E-state index contributed by atoms with van der Waals surface area (Å²) in [5.41, 5.74) is 0.614. The van der Waals surface area contributed by atoms with Crippen LogP contribution in [0.25, 0.3) is 0 Å². The number of ketones is 1. The summed E-state index contributed by atoms with van der Waals surface area (Å²) in [5.74, 6) is -2.05. The Hall–Kier alpha value is -3.52. The van der Waals surface area contributed by atoms with Crippen LogP contribution in [0, 0.1) is 0 Å². The zero-order valence-corrected chi connectivity index (χ0v) is 25.4. The molecule has 1 aromatic carbocycles. The highest BCUT2D eigenvalue weighted by atomic mass is 16.6. The molecule has 13 heteroatoms. The number of ether oxygens (including phenoxy) is 3. The molecule has 242 valence electrons. The molecule has 0 spiro atoms. The summed E-state index contributed by atoms with van der Waals surface area (Å²) in [4.78, 5) is 53.1. The molecule has 1 aromatic rings. The van der Waals surface area contributed by atoms with Crippen LogP contribution >= 0.6 is 0 Å². The number of benzene rings is 1. The average molecular weight is 617 g/mol. The molecule has 2 aliphatic heterocycles. The van der Waals surface area contributed by atoms with E-state index in [2.05, 4.69) is 27.3 Å². The molecule has 44 heavy (non-hydrogen) atoms. The first kappa shape index (κ1) is 33.4. The minimum absolute atomic E-state index is 0.00764. The second kappa shape index (κ2) is 15.5. The number of rotatable bonds is 15. The maximum atomic E-state index is 13.8. The molecule has 0 saturated carbocycles. The third-order valence-corrected chi connectivity index (χ3v) is 8.15. The third-order valence-electron chi connectivity index (χ3n) is 8.15. The van der Waals surface area contributed by atoms with Crippen LogP contribution in [0.1, 0.15) is 51.0 Å². The molecular formula is C31H44N4O9. The summed E-state index contributed by atoms with van der Waals surface area (Å²) in [6.45, 7) is 2.89. The van der Waals surface area contributed by atoms with Crippen molar-refractivity contribution in [1.82, 2.24) is 21.3 Å².